The molecule has 146 valence electrons. The van der Waals surface area contributed by atoms with Crippen LogP contribution in [-0.4, -0.2) is 36.0 Å². The van der Waals surface area contributed by atoms with Gasteiger partial charge in [0.05, 0.1) is 0 Å². The van der Waals surface area contributed by atoms with E-state index in [1.54, 1.807) is 33.2 Å². The van der Waals surface area contributed by atoms with Crippen LogP contribution in [0.2, 0.25) is 0 Å². The zero-order chi connectivity index (χ0) is 20.5. The van der Waals surface area contributed by atoms with Gasteiger partial charge in [0.1, 0.15) is 11.4 Å². The number of hydrogen-bond acceptors (Lipinski definition) is 3. The Kier molecular flexibility index (Phi) is 5.27. The van der Waals surface area contributed by atoms with Crippen LogP contribution in [0, 0.1) is 0 Å². The first-order chi connectivity index (χ1) is 13.2. The standard InChI is InChI=1S/C21H19F3N2O2/c1-13(20(27)26(2)3)28-18-10-9-15(16-6-4-5-7-17(16)18)14-8-11-19(25-12-14)21(22,23)24/h4-13H,1-3H3. The summed E-state index contributed by atoms with van der Waals surface area (Å²) in [5, 5.41) is 1.56. The number of carbonyl (C=O) groups excluding carboxylic acids is 1. The quantitative estimate of drug-likeness (QED) is 0.646. The van der Waals surface area contributed by atoms with Crippen molar-refractivity contribution in [1.82, 2.24) is 9.88 Å². The largest absolute Gasteiger partial charge is 0.480 e. The molecule has 0 saturated heterocycles. The minimum Gasteiger partial charge on any atom is -0.480 e. The second-order valence-electron chi connectivity index (χ2n) is 6.58. The number of halogens is 3. The van der Waals surface area contributed by atoms with Gasteiger partial charge in [0.2, 0.25) is 0 Å². The van der Waals surface area contributed by atoms with Gasteiger partial charge in [0.25, 0.3) is 5.91 Å². The number of nitrogens with zero attached hydrogens (tertiary/aromatic N) is 2. The van der Waals surface area contributed by atoms with E-state index < -0.39 is 18.0 Å². The number of carbonyl (C=O) groups is 1. The summed E-state index contributed by atoms with van der Waals surface area (Å²) in [5.74, 6) is 0.363. The van der Waals surface area contributed by atoms with Gasteiger partial charge in [-0.15, -0.1) is 0 Å². The van der Waals surface area contributed by atoms with Crippen LogP contribution < -0.4 is 4.74 Å². The Morgan fingerprint density at radius 3 is 2.29 bits per heavy atom. The number of hydrogen-bond donors (Lipinski definition) is 0. The van der Waals surface area contributed by atoms with Crippen molar-refractivity contribution in [3.8, 4) is 16.9 Å². The highest BCUT2D eigenvalue weighted by atomic mass is 19.4. The molecule has 0 aliphatic carbocycles. The Morgan fingerprint density at radius 1 is 1.04 bits per heavy atom. The number of pyridine rings is 1. The molecule has 0 spiro atoms. The van der Waals surface area contributed by atoms with Crippen molar-refractivity contribution in [1.29, 1.82) is 0 Å². The highest BCUT2D eigenvalue weighted by Gasteiger charge is 2.32. The summed E-state index contributed by atoms with van der Waals surface area (Å²) < 4.78 is 44.1. The topological polar surface area (TPSA) is 42.4 Å². The summed E-state index contributed by atoms with van der Waals surface area (Å²) in [6.07, 6.45) is -3.94. The summed E-state index contributed by atoms with van der Waals surface area (Å²) >= 11 is 0. The molecule has 1 unspecified atom stereocenters. The maximum atomic E-state index is 12.8. The van der Waals surface area contributed by atoms with Crippen molar-refractivity contribution < 1.29 is 22.7 Å². The van der Waals surface area contributed by atoms with Crippen molar-refractivity contribution in [3.63, 3.8) is 0 Å². The summed E-state index contributed by atoms with van der Waals surface area (Å²) in [6.45, 7) is 1.67. The third-order valence-electron chi connectivity index (χ3n) is 4.34. The van der Waals surface area contributed by atoms with E-state index in [9.17, 15) is 18.0 Å². The normalized spacial score (nSPS) is 12.6. The van der Waals surface area contributed by atoms with Gasteiger partial charge in [-0.1, -0.05) is 30.3 Å². The number of benzene rings is 2. The number of amides is 1. The van der Waals surface area contributed by atoms with Crippen LogP contribution in [0.3, 0.4) is 0 Å². The van der Waals surface area contributed by atoms with E-state index >= 15 is 0 Å². The van der Waals surface area contributed by atoms with Crippen LogP contribution in [0.25, 0.3) is 21.9 Å². The summed E-state index contributed by atoms with van der Waals surface area (Å²) in [7, 11) is 3.31. The van der Waals surface area contributed by atoms with Crippen LogP contribution in [-0.2, 0) is 11.0 Å². The Bertz CT molecular complexity index is 999. The Hall–Kier alpha value is -3.09. The van der Waals surface area contributed by atoms with Crippen molar-refractivity contribution in [3.05, 3.63) is 60.4 Å². The Labute approximate surface area is 160 Å². The van der Waals surface area contributed by atoms with Crippen LogP contribution >= 0.6 is 0 Å². The maximum Gasteiger partial charge on any atom is 0.433 e. The number of aromatic nitrogens is 1. The molecule has 2 aromatic carbocycles. The molecule has 1 heterocycles. The fraction of sp³-hybridized carbons (Fsp3) is 0.238. The first-order valence-corrected chi connectivity index (χ1v) is 8.61. The maximum absolute atomic E-state index is 12.8. The minimum atomic E-state index is -4.48. The zero-order valence-corrected chi connectivity index (χ0v) is 15.6. The van der Waals surface area contributed by atoms with E-state index in [0.717, 1.165) is 22.4 Å². The van der Waals surface area contributed by atoms with Crippen LogP contribution in [0.1, 0.15) is 12.6 Å². The van der Waals surface area contributed by atoms with E-state index in [2.05, 4.69) is 4.98 Å². The summed E-state index contributed by atoms with van der Waals surface area (Å²) in [5.41, 5.74) is 0.362. The zero-order valence-electron chi connectivity index (χ0n) is 15.6. The molecule has 3 rings (SSSR count). The Morgan fingerprint density at radius 2 is 1.71 bits per heavy atom. The van der Waals surface area contributed by atoms with Crippen molar-refractivity contribution in [2.45, 2.75) is 19.2 Å². The molecular formula is C21H19F3N2O2. The van der Waals surface area contributed by atoms with Crippen LogP contribution in [0.5, 0.6) is 5.75 Å². The second kappa shape index (κ2) is 7.50. The first-order valence-electron chi connectivity index (χ1n) is 8.61. The van der Waals surface area contributed by atoms with E-state index in [1.165, 1.54) is 17.2 Å². The molecule has 1 aromatic heterocycles. The first kappa shape index (κ1) is 19.7. The molecule has 0 radical (unpaired) electrons. The number of ether oxygens (including phenoxy) is 1. The highest BCUT2D eigenvalue weighted by Crippen LogP contribution is 2.36. The number of fused-ring (bicyclic) bond motifs is 1. The highest BCUT2D eigenvalue weighted by molar-refractivity contribution is 6.00. The molecule has 3 aromatic rings. The summed E-state index contributed by atoms with van der Waals surface area (Å²) in [4.78, 5) is 17.1. The third kappa shape index (κ3) is 3.93. The van der Waals surface area contributed by atoms with Crippen LogP contribution in [0.4, 0.5) is 13.2 Å². The molecule has 4 nitrogen and oxygen atoms in total. The van der Waals surface area contributed by atoms with Gasteiger partial charge in [0, 0.05) is 31.2 Å². The van der Waals surface area contributed by atoms with Gasteiger partial charge in [0.15, 0.2) is 6.10 Å². The minimum absolute atomic E-state index is 0.167. The fourth-order valence-electron chi connectivity index (χ4n) is 2.95. The van der Waals surface area contributed by atoms with Crippen molar-refractivity contribution in [2.24, 2.45) is 0 Å². The third-order valence-corrected chi connectivity index (χ3v) is 4.34. The molecule has 1 atom stereocenters. The van der Waals surface area contributed by atoms with Crippen molar-refractivity contribution >= 4 is 16.7 Å². The number of rotatable bonds is 4. The fourth-order valence-corrected chi connectivity index (χ4v) is 2.95. The van der Waals surface area contributed by atoms with Crippen LogP contribution in [0.15, 0.2) is 54.7 Å². The number of alkyl halides is 3. The average molecular weight is 388 g/mol. The molecule has 0 aliphatic rings. The molecular weight excluding hydrogens is 369 g/mol. The second-order valence-corrected chi connectivity index (χ2v) is 6.58. The number of likely N-dealkylation sites (N-methyl/N-ethyl adjacent to an activating group) is 1. The van der Waals surface area contributed by atoms with Gasteiger partial charge in [-0.2, -0.15) is 13.2 Å². The lowest BCUT2D eigenvalue weighted by molar-refractivity contribution is -0.141. The van der Waals surface area contributed by atoms with E-state index in [0.29, 0.717) is 11.3 Å². The van der Waals surface area contributed by atoms with Gasteiger partial charge in [-0.3, -0.25) is 9.78 Å². The van der Waals surface area contributed by atoms with Gasteiger partial charge in [-0.25, -0.2) is 0 Å². The molecule has 0 saturated carbocycles. The molecule has 0 fully saturated rings. The van der Waals surface area contributed by atoms with E-state index in [1.807, 2.05) is 24.3 Å². The molecule has 7 heteroatoms. The van der Waals surface area contributed by atoms with Gasteiger partial charge >= 0.3 is 6.18 Å². The summed E-state index contributed by atoms with van der Waals surface area (Å²) in [6, 6.07) is 13.2. The van der Waals surface area contributed by atoms with Crippen molar-refractivity contribution in [2.75, 3.05) is 14.1 Å². The molecule has 0 aliphatic heterocycles. The predicted molar refractivity (Wildman–Crippen MR) is 101 cm³/mol. The average Bonchev–Trinajstić information content (AvgIpc) is 2.67. The molecule has 0 bridgehead atoms. The van der Waals surface area contributed by atoms with E-state index in [4.69, 9.17) is 4.74 Å². The van der Waals surface area contributed by atoms with Gasteiger partial charge < -0.3 is 9.64 Å². The molecule has 0 N–H and O–H groups in total. The lowest BCUT2D eigenvalue weighted by Gasteiger charge is -2.20. The predicted octanol–water partition coefficient (Wildman–Crippen LogP) is 4.78. The van der Waals surface area contributed by atoms with E-state index in [-0.39, 0.29) is 5.91 Å². The molecule has 1 amide bonds. The lowest BCUT2D eigenvalue weighted by atomic mass is 9.98. The molecule has 28 heavy (non-hydrogen) atoms. The lowest BCUT2D eigenvalue weighted by Crippen LogP contribution is -2.35. The van der Waals surface area contributed by atoms with Gasteiger partial charge in [-0.05, 0) is 36.1 Å². The smallest absolute Gasteiger partial charge is 0.433 e. The Balaban J connectivity index is 2.02. The SMILES string of the molecule is CC(Oc1ccc(-c2ccc(C(F)(F)F)nc2)c2ccccc12)C(=O)N(C)C. The monoisotopic (exact) mass is 388 g/mol.